The average Bonchev–Trinajstić information content (AvgIpc) is 2.95. The Labute approximate surface area is 170 Å². The molecule has 0 spiro atoms. The molecule has 0 saturated carbocycles. The number of rotatable bonds is 8. The maximum atomic E-state index is 12.8. The number of nitrogens with zero attached hydrogens (tertiary/aromatic N) is 2. The minimum atomic E-state index is -0.122. The maximum absolute atomic E-state index is 12.8. The van der Waals surface area contributed by atoms with Crippen LogP contribution in [0.1, 0.15) is 45.6 Å². The molecule has 0 aromatic heterocycles. The van der Waals surface area contributed by atoms with Crippen LogP contribution in [0.2, 0.25) is 5.02 Å². The molecule has 1 heterocycles. The number of nitrogens with one attached hydrogen (secondary N) is 1. The second-order valence-corrected chi connectivity index (χ2v) is 7.83. The fourth-order valence-electron chi connectivity index (χ4n) is 2.42. The summed E-state index contributed by atoms with van der Waals surface area (Å²) < 4.78 is 0. The number of amidine groups is 1. The molecule has 2 rings (SSSR count). The van der Waals surface area contributed by atoms with Crippen LogP contribution in [0.15, 0.2) is 35.0 Å². The van der Waals surface area contributed by atoms with Gasteiger partial charge in [0, 0.05) is 17.6 Å². The number of hydrogen-bond donors (Lipinski definition) is 1. The van der Waals surface area contributed by atoms with E-state index in [1.165, 1.54) is 11.8 Å². The number of thioether (sulfide) groups is 1. The third kappa shape index (κ3) is 6.40. The summed E-state index contributed by atoms with van der Waals surface area (Å²) in [5.74, 6) is 0.0751. The molecule has 0 saturated heterocycles. The predicted octanol–water partition coefficient (Wildman–Crippen LogP) is 4.33. The normalized spacial score (nSPS) is 16.6. The zero-order valence-electron chi connectivity index (χ0n) is 16.0. The summed E-state index contributed by atoms with van der Waals surface area (Å²) >= 11 is 7.22. The quantitative estimate of drug-likeness (QED) is 0.652. The topological polar surface area (TPSA) is 61.8 Å². The number of aliphatic imine (C=N–C) groups is 1. The van der Waals surface area contributed by atoms with Crippen LogP contribution in [0.25, 0.3) is 6.08 Å². The Morgan fingerprint density at radius 3 is 2.67 bits per heavy atom. The van der Waals surface area contributed by atoms with Crippen LogP contribution >= 0.6 is 23.4 Å². The highest BCUT2D eigenvalue weighted by molar-refractivity contribution is 8.14. The minimum Gasteiger partial charge on any atom is -0.353 e. The van der Waals surface area contributed by atoms with Crippen LogP contribution in [-0.4, -0.2) is 40.2 Å². The van der Waals surface area contributed by atoms with Gasteiger partial charge in [0.1, 0.15) is 5.70 Å². The van der Waals surface area contributed by atoms with Gasteiger partial charge in [0.15, 0.2) is 5.17 Å². The van der Waals surface area contributed by atoms with Crippen LogP contribution < -0.4 is 5.32 Å². The number of amides is 2. The van der Waals surface area contributed by atoms with Gasteiger partial charge in [-0.3, -0.25) is 14.5 Å². The third-order valence-corrected chi connectivity index (χ3v) is 5.40. The van der Waals surface area contributed by atoms with Gasteiger partial charge in [0.05, 0.1) is 5.75 Å². The van der Waals surface area contributed by atoms with Crippen molar-refractivity contribution in [3.63, 3.8) is 0 Å². The lowest BCUT2D eigenvalue weighted by Gasteiger charge is -2.17. The second kappa shape index (κ2) is 10.5. The highest BCUT2D eigenvalue weighted by atomic mass is 35.5. The van der Waals surface area contributed by atoms with E-state index >= 15 is 0 Å². The van der Waals surface area contributed by atoms with E-state index in [1.54, 1.807) is 23.1 Å². The summed E-state index contributed by atoms with van der Waals surface area (Å²) in [6.45, 7) is 6.68. The number of halogens is 1. The van der Waals surface area contributed by atoms with Crippen molar-refractivity contribution in [2.24, 2.45) is 4.99 Å². The average molecular weight is 408 g/mol. The number of unbranched alkanes of at least 4 members (excludes halogenated alkanes) is 1. The van der Waals surface area contributed by atoms with Crippen LogP contribution in [-0.2, 0) is 9.59 Å². The van der Waals surface area contributed by atoms with Crippen molar-refractivity contribution in [1.82, 2.24) is 10.2 Å². The molecule has 2 amide bonds. The van der Waals surface area contributed by atoms with Crippen LogP contribution in [0.3, 0.4) is 0 Å². The molecule has 0 fully saturated rings. The fourth-order valence-corrected chi connectivity index (χ4v) is 3.38. The van der Waals surface area contributed by atoms with E-state index in [-0.39, 0.29) is 23.6 Å². The molecule has 1 aliphatic heterocycles. The van der Waals surface area contributed by atoms with E-state index in [1.807, 2.05) is 26.0 Å². The standard InChI is InChI=1S/C20H26ClN3O2S/c1-4-6-11-24-19(26)17(12-15-7-9-16(21)10-8-15)23-20(24)27-13-18(25)22-14(3)5-2/h7-10,12,14H,4-6,11,13H2,1-3H3,(H,22,25)/b17-12-. The Hall–Kier alpha value is -1.79. The van der Waals surface area contributed by atoms with Gasteiger partial charge in [-0.15, -0.1) is 0 Å². The number of benzene rings is 1. The molecular formula is C20H26ClN3O2S. The zero-order valence-corrected chi connectivity index (χ0v) is 17.6. The van der Waals surface area contributed by atoms with Gasteiger partial charge < -0.3 is 5.32 Å². The van der Waals surface area contributed by atoms with Gasteiger partial charge in [0.2, 0.25) is 5.91 Å². The Balaban J connectivity index is 2.13. The minimum absolute atomic E-state index is 0.0462. The number of carbonyl (C=O) groups is 2. The molecule has 7 heteroatoms. The van der Waals surface area contributed by atoms with Gasteiger partial charge in [-0.05, 0) is 43.5 Å². The highest BCUT2D eigenvalue weighted by Gasteiger charge is 2.30. The molecule has 1 unspecified atom stereocenters. The lowest BCUT2D eigenvalue weighted by atomic mass is 10.2. The summed E-state index contributed by atoms with van der Waals surface area (Å²) in [5.41, 5.74) is 1.25. The smallest absolute Gasteiger partial charge is 0.278 e. The first-order chi connectivity index (χ1) is 12.9. The SMILES string of the molecule is CCCCN1C(=O)/C(=C/c2ccc(Cl)cc2)N=C1SCC(=O)NC(C)CC. The first-order valence-corrected chi connectivity index (χ1v) is 10.6. The van der Waals surface area contributed by atoms with Gasteiger partial charge in [-0.2, -0.15) is 0 Å². The van der Waals surface area contributed by atoms with Crippen molar-refractivity contribution in [3.05, 3.63) is 40.5 Å². The molecule has 1 aliphatic rings. The fraction of sp³-hybridized carbons (Fsp3) is 0.450. The summed E-state index contributed by atoms with van der Waals surface area (Å²) in [6.07, 6.45) is 4.50. The molecule has 0 bridgehead atoms. The Bertz CT molecular complexity index is 731. The van der Waals surface area contributed by atoms with Crippen LogP contribution in [0.5, 0.6) is 0 Å². The van der Waals surface area contributed by atoms with E-state index in [9.17, 15) is 9.59 Å². The van der Waals surface area contributed by atoms with E-state index in [4.69, 9.17) is 11.6 Å². The van der Waals surface area contributed by atoms with E-state index in [0.717, 1.165) is 24.8 Å². The summed E-state index contributed by atoms with van der Waals surface area (Å²) in [7, 11) is 0. The van der Waals surface area contributed by atoms with Crippen molar-refractivity contribution in [2.45, 2.75) is 46.1 Å². The molecule has 5 nitrogen and oxygen atoms in total. The van der Waals surface area contributed by atoms with Crippen LogP contribution in [0, 0.1) is 0 Å². The zero-order chi connectivity index (χ0) is 19.8. The predicted molar refractivity (Wildman–Crippen MR) is 114 cm³/mol. The summed E-state index contributed by atoms with van der Waals surface area (Å²) in [4.78, 5) is 31.0. The largest absolute Gasteiger partial charge is 0.353 e. The Morgan fingerprint density at radius 2 is 2.04 bits per heavy atom. The molecule has 146 valence electrons. The molecule has 1 aromatic rings. The van der Waals surface area contributed by atoms with Gasteiger partial charge >= 0.3 is 0 Å². The molecule has 1 atom stereocenters. The third-order valence-electron chi connectivity index (χ3n) is 4.17. The molecule has 1 aromatic carbocycles. The second-order valence-electron chi connectivity index (χ2n) is 6.45. The first kappa shape index (κ1) is 21.5. The van der Waals surface area contributed by atoms with Crippen molar-refractivity contribution >= 4 is 46.4 Å². The lowest BCUT2D eigenvalue weighted by molar-refractivity contribution is -0.122. The van der Waals surface area contributed by atoms with Crippen LogP contribution in [0.4, 0.5) is 0 Å². The van der Waals surface area contributed by atoms with Crippen molar-refractivity contribution < 1.29 is 9.59 Å². The molecule has 0 radical (unpaired) electrons. The monoisotopic (exact) mass is 407 g/mol. The van der Waals surface area contributed by atoms with E-state index in [0.29, 0.717) is 22.4 Å². The van der Waals surface area contributed by atoms with Crippen molar-refractivity contribution in [3.8, 4) is 0 Å². The summed E-state index contributed by atoms with van der Waals surface area (Å²) in [6, 6.07) is 7.39. The highest BCUT2D eigenvalue weighted by Crippen LogP contribution is 2.25. The molecule has 27 heavy (non-hydrogen) atoms. The number of carbonyl (C=O) groups excluding carboxylic acids is 2. The van der Waals surface area contributed by atoms with Crippen molar-refractivity contribution in [2.75, 3.05) is 12.3 Å². The lowest BCUT2D eigenvalue weighted by Crippen LogP contribution is -2.35. The van der Waals surface area contributed by atoms with E-state index in [2.05, 4.69) is 17.2 Å². The molecule has 1 N–H and O–H groups in total. The van der Waals surface area contributed by atoms with Crippen molar-refractivity contribution in [1.29, 1.82) is 0 Å². The Kier molecular flexibility index (Phi) is 8.38. The van der Waals surface area contributed by atoms with Gasteiger partial charge in [0.25, 0.3) is 5.91 Å². The Morgan fingerprint density at radius 1 is 1.33 bits per heavy atom. The number of hydrogen-bond acceptors (Lipinski definition) is 4. The van der Waals surface area contributed by atoms with Gasteiger partial charge in [-0.25, -0.2) is 4.99 Å². The molecule has 0 aliphatic carbocycles. The van der Waals surface area contributed by atoms with Gasteiger partial charge in [-0.1, -0.05) is 55.8 Å². The maximum Gasteiger partial charge on any atom is 0.278 e. The van der Waals surface area contributed by atoms with E-state index < -0.39 is 0 Å². The summed E-state index contributed by atoms with van der Waals surface area (Å²) in [5, 5.41) is 4.17. The molecular weight excluding hydrogens is 382 g/mol. The first-order valence-electron chi connectivity index (χ1n) is 9.24.